The molecule has 0 aliphatic carbocycles. The van der Waals surface area contributed by atoms with Gasteiger partial charge < -0.3 is 24.8 Å². The van der Waals surface area contributed by atoms with Crippen LogP contribution in [-0.2, 0) is 13.0 Å². The quantitative estimate of drug-likeness (QED) is 0.364. The van der Waals surface area contributed by atoms with Gasteiger partial charge in [-0.25, -0.2) is 8.91 Å². The average molecular weight is 522 g/mol. The van der Waals surface area contributed by atoms with Crippen molar-refractivity contribution in [2.24, 2.45) is 5.92 Å². The van der Waals surface area contributed by atoms with Gasteiger partial charge in [-0.1, -0.05) is 0 Å². The second-order valence-electron chi connectivity index (χ2n) is 10.0. The summed E-state index contributed by atoms with van der Waals surface area (Å²) in [5.74, 6) is 1.30. The van der Waals surface area contributed by atoms with Gasteiger partial charge in [0.05, 0.1) is 44.0 Å². The zero-order valence-corrected chi connectivity index (χ0v) is 21.6. The van der Waals surface area contributed by atoms with E-state index in [1.807, 2.05) is 12.3 Å². The van der Waals surface area contributed by atoms with E-state index in [9.17, 15) is 9.50 Å². The molecule has 11 heteroatoms. The van der Waals surface area contributed by atoms with E-state index in [2.05, 4.69) is 31.9 Å². The molecule has 2 N–H and O–H groups in total. The molecule has 1 fully saturated rings. The SMILES string of the molecule is COc1cnn2cc(-c3nn4c(c3C)CCN(CC3CNC3)CC4)cc(OC(CO)c3ccc(F)cn3)c12. The number of ether oxygens (including phenoxy) is 2. The third-order valence-electron chi connectivity index (χ3n) is 7.55. The second kappa shape index (κ2) is 10.3. The fraction of sp³-hybridized carbons (Fsp3) is 0.444. The largest absolute Gasteiger partial charge is 0.493 e. The molecular formula is C27H32FN7O3. The van der Waals surface area contributed by atoms with Gasteiger partial charge in [0, 0.05) is 56.6 Å². The molecule has 2 aliphatic heterocycles. The van der Waals surface area contributed by atoms with Crippen LogP contribution in [-0.4, -0.2) is 80.8 Å². The van der Waals surface area contributed by atoms with Gasteiger partial charge in [0.15, 0.2) is 23.1 Å². The summed E-state index contributed by atoms with van der Waals surface area (Å²) in [7, 11) is 1.57. The Morgan fingerprint density at radius 2 is 2.05 bits per heavy atom. The van der Waals surface area contributed by atoms with Crippen molar-refractivity contribution in [2.45, 2.75) is 26.0 Å². The van der Waals surface area contributed by atoms with Gasteiger partial charge in [-0.05, 0) is 36.6 Å². The number of methoxy groups -OCH3 is 1. The summed E-state index contributed by atoms with van der Waals surface area (Å²) in [4.78, 5) is 6.65. The second-order valence-corrected chi connectivity index (χ2v) is 10.0. The standard InChI is InChI=1S/C27H32FN7O3/c1-17-22-5-6-33(14-18-10-29-11-18)7-8-34(22)32-26(17)19-9-23(27-24(37-2)13-31-35(27)15-19)38-25(16-36)21-4-3-20(28)12-30-21/h3-4,9,12-13,15,18,25,29,36H,5-8,10-11,14,16H2,1-2H3. The molecule has 1 unspecified atom stereocenters. The fourth-order valence-electron chi connectivity index (χ4n) is 5.35. The van der Waals surface area contributed by atoms with E-state index in [-0.39, 0.29) is 6.61 Å². The summed E-state index contributed by atoms with van der Waals surface area (Å²) in [5, 5.41) is 22.9. The Balaban J connectivity index is 1.33. The van der Waals surface area contributed by atoms with Gasteiger partial charge >= 0.3 is 0 Å². The molecule has 0 saturated carbocycles. The fourth-order valence-corrected chi connectivity index (χ4v) is 5.35. The van der Waals surface area contributed by atoms with Crippen LogP contribution in [0, 0.1) is 18.7 Å². The van der Waals surface area contributed by atoms with Crippen LogP contribution < -0.4 is 14.8 Å². The van der Waals surface area contributed by atoms with Gasteiger partial charge in [0.25, 0.3) is 0 Å². The molecule has 4 aromatic heterocycles. The summed E-state index contributed by atoms with van der Waals surface area (Å²) in [6, 6.07) is 4.70. The zero-order chi connectivity index (χ0) is 26.2. The molecule has 1 atom stereocenters. The molecule has 0 aromatic carbocycles. The number of nitrogens with one attached hydrogen (secondary N) is 1. The summed E-state index contributed by atoms with van der Waals surface area (Å²) in [6.07, 6.45) is 4.80. The molecule has 0 radical (unpaired) electrons. The minimum absolute atomic E-state index is 0.337. The number of rotatable bonds is 8. The van der Waals surface area contributed by atoms with Crippen molar-refractivity contribution in [2.75, 3.05) is 46.4 Å². The minimum atomic E-state index is -0.800. The molecule has 2 aliphatic rings. The van der Waals surface area contributed by atoms with Crippen molar-refractivity contribution in [3.05, 3.63) is 59.6 Å². The third kappa shape index (κ3) is 4.61. The molecule has 4 aromatic rings. The van der Waals surface area contributed by atoms with E-state index in [1.54, 1.807) is 17.8 Å². The lowest BCUT2D eigenvalue weighted by atomic mass is 10.0. The van der Waals surface area contributed by atoms with Gasteiger partial charge in [0.2, 0.25) is 0 Å². The first-order valence-corrected chi connectivity index (χ1v) is 13.0. The molecule has 10 nitrogen and oxygen atoms in total. The number of hydrogen-bond donors (Lipinski definition) is 2. The highest BCUT2D eigenvalue weighted by atomic mass is 19.1. The number of halogens is 1. The van der Waals surface area contributed by atoms with E-state index < -0.39 is 11.9 Å². The number of hydrogen-bond acceptors (Lipinski definition) is 8. The molecule has 0 spiro atoms. The van der Waals surface area contributed by atoms with Crippen LogP contribution in [0.5, 0.6) is 11.5 Å². The number of nitrogens with zero attached hydrogens (tertiary/aromatic N) is 6. The van der Waals surface area contributed by atoms with Crippen LogP contribution in [0.25, 0.3) is 16.8 Å². The lowest BCUT2D eigenvalue weighted by Gasteiger charge is -2.32. The average Bonchev–Trinajstić information content (AvgIpc) is 3.39. The van der Waals surface area contributed by atoms with Gasteiger partial charge in [-0.15, -0.1) is 0 Å². The summed E-state index contributed by atoms with van der Waals surface area (Å²) in [6.45, 7) is 8.00. The van der Waals surface area contributed by atoms with Crippen LogP contribution >= 0.6 is 0 Å². The summed E-state index contributed by atoms with van der Waals surface area (Å²) < 4.78 is 29.1. The zero-order valence-electron chi connectivity index (χ0n) is 21.6. The smallest absolute Gasteiger partial charge is 0.168 e. The minimum Gasteiger partial charge on any atom is -0.493 e. The van der Waals surface area contributed by atoms with Crippen molar-refractivity contribution in [1.82, 2.24) is 34.6 Å². The first-order chi connectivity index (χ1) is 18.5. The lowest BCUT2D eigenvalue weighted by Crippen LogP contribution is -2.48. The molecular weight excluding hydrogens is 489 g/mol. The van der Waals surface area contributed by atoms with Crippen LogP contribution in [0.1, 0.15) is 23.1 Å². The predicted molar refractivity (Wildman–Crippen MR) is 139 cm³/mol. The van der Waals surface area contributed by atoms with E-state index in [1.165, 1.54) is 17.8 Å². The van der Waals surface area contributed by atoms with Crippen LogP contribution in [0.3, 0.4) is 0 Å². The maximum Gasteiger partial charge on any atom is 0.168 e. The predicted octanol–water partition coefficient (Wildman–Crippen LogP) is 2.24. The first kappa shape index (κ1) is 24.8. The highest BCUT2D eigenvalue weighted by molar-refractivity contribution is 5.75. The number of aromatic nitrogens is 5. The Morgan fingerprint density at radius 3 is 2.76 bits per heavy atom. The topological polar surface area (TPSA) is 102 Å². The van der Waals surface area contributed by atoms with Crippen molar-refractivity contribution >= 4 is 5.52 Å². The molecule has 0 bridgehead atoms. The molecule has 200 valence electrons. The van der Waals surface area contributed by atoms with Crippen molar-refractivity contribution in [3.8, 4) is 22.8 Å². The maximum atomic E-state index is 13.4. The van der Waals surface area contributed by atoms with E-state index in [4.69, 9.17) is 14.6 Å². The molecule has 1 saturated heterocycles. The number of aliphatic hydroxyl groups excluding tert-OH is 1. The Kier molecular flexibility index (Phi) is 6.73. The lowest BCUT2D eigenvalue weighted by molar-refractivity contribution is 0.114. The first-order valence-electron chi connectivity index (χ1n) is 13.0. The molecule has 6 heterocycles. The Hall–Kier alpha value is -3.54. The molecule has 6 rings (SSSR count). The highest BCUT2D eigenvalue weighted by Crippen LogP contribution is 2.37. The van der Waals surface area contributed by atoms with Crippen LogP contribution in [0.4, 0.5) is 4.39 Å². The Morgan fingerprint density at radius 1 is 1.18 bits per heavy atom. The van der Waals surface area contributed by atoms with E-state index in [0.717, 1.165) is 74.6 Å². The third-order valence-corrected chi connectivity index (χ3v) is 7.55. The van der Waals surface area contributed by atoms with Crippen LogP contribution in [0.2, 0.25) is 0 Å². The van der Waals surface area contributed by atoms with Crippen molar-refractivity contribution in [3.63, 3.8) is 0 Å². The normalized spacial score (nSPS) is 17.2. The molecule has 38 heavy (non-hydrogen) atoms. The Bertz CT molecular complexity index is 1430. The van der Waals surface area contributed by atoms with Gasteiger partial charge in [-0.2, -0.15) is 10.2 Å². The van der Waals surface area contributed by atoms with E-state index in [0.29, 0.717) is 22.7 Å². The number of pyridine rings is 2. The summed E-state index contributed by atoms with van der Waals surface area (Å²) >= 11 is 0. The van der Waals surface area contributed by atoms with Gasteiger partial charge in [-0.3, -0.25) is 9.67 Å². The van der Waals surface area contributed by atoms with E-state index >= 15 is 0 Å². The van der Waals surface area contributed by atoms with Crippen molar-refractivity contribution < 1.29 is 19.0 Å². The highest BCUT2D eigenvalue weighted by Gasteiger charge is 2.26. The number of fused-ring (bicyclic) bond motifs is 2. The molecule has 0 amide bonds. The monoisotopic (exact) mass is 521 g/mol. The van der Waals surface area contributed by atoms with Gasteiger partial charge in [0.1, 0.15) is 5.82 Å². The number of aliphatic hydroxyl groups is 1. The maximum absolute atomic E-state index is 13.4. The Labute approximate surface area is 220 Å². The van der Waals surface area contributed by atoms with Crippen molar-refractivity contribution in [1.29, 1.82) is 0 Å². The van der Waals surface area contributed by atoms with Crippen LogP contribution in [0.15, 0.2) is 36.8 Å². The summed E-state index contributed by atoms with van der Waals surface area (Å²) in [5.41, 5.74) is 5.15.